The van der Waals surface area contributed by atoms with Gasteiger partial charge in [-0.1, -0.05) is 49.5 Å². The molecule has 2 aromatic rings. The number of halogens is 4. The first-order valence-corrected chi connectivity index (χ1v) is 10.6. The van der Waals surface area contributed by atoms with Crippen molar-refractivity contribution in [3.63, 3.8) is 0 Å². The van der Waals surface area contributed by atoms with Gasteiger partial charge in [0.1, 0.15) is 17.6 Å². The van der Waals surface area contributed by atoms with Crippen molar-refractivity contribution in [2.75, 3.05) is 11.9 Å². The molecule has 0 bridgehead atoms. The number of amidine groups is 1. The van der Waals surface area contributed by atoms with Gasteiger partial charge in [-0.3, -0.25) is 9.98 Å². The first-order valence-electron chi connectivity index (χ1n) is 8.33. The molecule has 2 heterocycles. The van der Waals surface area contributed by atoms with E-state index in [1.54, 1.807) is 31.3 Å². The molecule has 1 aliphatic rings. The first-order chi connectivity index (χ1) is 13.5. The number of aliphatic imine (C=N–C) groups is 1. The summed E-state index contributed by atoms with van der Waals surface area (Å²) in [6, 6.07) is 6.93. The van der Waals surface area contributed by atoms with Gasteiger partial charge in [-0.25, -0.2) is 9.18 Å². The third kappa shape index (κ3) is 4.29. The second-order valence-corrected chi connectivity index (χ2v) is 7.57. The van der Waals surface area contributed by atoms with Crippen molar-refractivity contribution < 1.29 is 13.9 Å². The van der Waals surface area contributed by atoms with Crippen molar-refractivity contribution in [2.45, 2.75) is 13.0 Å². The van der Waals surface area contributed by atoms with Crippen molar-refractivity contribution in [3.05, 3.63) is 74.4 Å². The van der Waals surface area contributed by atoms with Crippen LogP contribution in [-0.2, 0) is 9.53 Å². The van der Waals surface area contributed by atoms with E-state index in [0.717, 1.165) is 0 Å². The number of allylic oxidation sites excluding steroid dienone is 1. The molecule has 1 unspecified atom stereocenters. The van der Waals surface area contributed by atoms with Crippen LogP contribution in [0.2, 0.25) is 5.02 Å². The summed E-state index contributed by atoms with van der Waals surface area (Å²) in [6.45, 7) is 1.95. The number of nitrogens with zero attached hydrogens (tertiary/aromatic N) is 2. The maximum absolute atomic E-state index is 13.6. The fourth-order valence-corrected chi connectivity index (χ4v) is 4.00. The minimum atomic E-state index is -0.726. The van der Waals surface area contributed by atoms with Crippen LogP contribution in [0.4, 0.5) is 4.39 Å². The van der Waals surface area contributed by atoms with Gasteiger partial charge in [-0.2, -0.15) is 0 Å². The lowest BCUT2D eigenvalue weighted by Gasteiger charge is -2.27. The summed E-state index contributed by atoms with van der Waals surface area (Å²) in [7, 11) is 0. The van der Waals surface area contributed by atoms with E-state index in [-0.39, 0.29) is 6.61 Å². The molecule has 1 atom stereocenters. The van der Waals surface area contributed by atoms with Crippen molar-refractivity contribution >= 4 is 55.3 Å². The molecule has 0 radical (unpaired) electrons. The largest absolute Gasteiger partial charge is 0.463 e. The Hall–Kier alpha value is -1.77. The quantitative estimate of drug-likeness (QED) is 0.439. The molecule has 28 heavy (non-hydrogen) atoms. The average molecular weight is 532 g/mol. The molecule has 0 fully saturated rings. The molecular weight excluding hydrogens is 516 g/mol. The Morgan fingerprint density at radius 1 is 1.39 bits per heavy atom. The summed E-state index contributed by atoms with van der Waals surface area (Å²) < 4.78 is 19.3. The van der Waals surface area contributed by atoms with E-state index in [4.69, 9.17) is 16.3 Å². The molecule has 0 spiro atoms. The number of benzene rings is 1. The average Bonchev–Trinajstić information content (AvgIpc) is 2.67. The number of hydrogen-bond donors (Lipinski definition) is 1. The number of hydrogen-bond acceptors (Lipinski definition) is 5. The van der Waals surface area contributed by atoms with E-state index >= 15 is 0 Å². The molecule has 0 amide bonds. The smallest absolute Gasteiger partial charge is 0.338 e. The summed E-state index contributed by atoms with van der Waals surface area (Å²) in [6.07, 6.45) is 1.60. The lowest BCUT2D eigenvalue weighted by atomic mass is 9.95. The molecule has 0 saturated heterocycles. The van der Waals surface area contributed by atoms with E-state index in [1.165, 1.54) is 12.1 Å². The van der Waals surface area contributed by atoms with Crippen LogP contribution in [0, 0.1) is 5.82 Å². The monoisotopic (exact) mass is 529 g/mol. The van der Waals surface area contributed by atoms with Crippen LogP contribution in [0.1, 0.15) is 24.2 Å². The van der Waals surface area contributed by atoms with Crippen molar-refractivity contribution in [1.29, 1.82) is 0 Å². The minimum absolute atomic E-state index is 0.220. The van der Waals surface area contributed by atoms with Gasteiger partial charge in [-0.15, -0.1) is 0 Å². The number of aromatic nitrogens is 1. The lowest BCUT2D eigenvalue weighted by Crippen LogP contribution is -2.35. The summed E-state index contributed by atoms with van der Waals surface area (Å²) >= 11 is 13.1. The number of alkyl halides is 1. The van der Waals surface area contributed by atoms with Crippen LogP contribution in [0.25, 0.3) is 0 Å². The Labute approximate surface area is 183 Å². The summed E-state index contributed by atoms with van der Waals surface area (Å²) in [4.78, 5) is 21.7. The normalized spacial score (nSPS) is 16.5. The second-order valence-electron chi connectivity index (χ2n) is 5.75. The van der Waals surface area contributed by atoms with Gasteiger partial charge in [0.05, 0.1) is 17.2 Å². The summed E-state index contributed by atoms with van der Waals surface area (Å²) in [5.41, 5.74) is 1.98. The summed E-state index contributed by atoms with van der Waals surface area (Å²) in [5.74, 6) is -0.487. The summed E-state index contributed by atoms with van der Waals surface area (Å²) in [5, 5.41) is 3.89. The van der Waals surface area contributed by atoms with Gasteiger partial charge in [0.15, 0.2) is 5.84 Å². The number of nitrogens with one attached hydrogen (secondary N) is 1. The Kier molecular flexibility index (Phi) is 6.85. The van der Waals surface area contributed by atoms with E-state index < -0.39 is 17.8 Å². The molecule has 1 aliphatic heterocycles. The standard InChI is InChI=1S/C19H15Br2ClFN3O2/c1-2-28-19(27)15-14(9-20)25-18(17-13(22)4-3-7-24-17)26-16(15)11-6-5-10(23)8-12(11)21/h3-8,16H,2,9H2,1H3,(H,25,26). The zero-order chi connectivity index (χ0) is 20.3. The zero-order valence-corrected chi connectivity index (χ0v) is 18.6. The lowest BCUT2D eigenvalue weighted by molar-refractivity contribution is -0.138. The SMILES string of the molecule is CCOC(=O)C1=C(CBr)NC(c2ncccc2Cl)=NC1c1ccc(F)cc1Br. The molecule has 3 rings (SSSR count). The van der Waals surface area contributed by atoms with Crippen molar-refractivity contribution in [1.82, 2.24) is 10.3 Å². The zero-order valence-electron chi connectivity index (χ0n) is 14.7. The fourth-order valence-electron chi connectivity index (χ4n) is 2.78. The van der Waals surface area contributed by atoms with Gasteiger partial charge in [0.2, 0.25) is 0 Å². The van der Waals surface area contributed by atoms with Gasteiger partial charge in [0, 0.05) is 21.7 Å². The molecule has 1 aromatic carbocycles. The van der Waals surface area contributed by atoms with Gasteiger partial charge < -0.3 is 10.1 Å². The minimum Gasteiger partial charge on any atom is -0.463 e. The highest BCUT2D eigenvalue weighted by molar-refractivity contribution is 9.10. The van der Waals surface area contributed by atoms with E-state index in [9.17, 15) is 9.18 Å². The third-order valence-electron chi connectivity index (χ3n) is 3.99. The maximum Gasteiger partial charge on any atom is 0.338 e. The number of ether oxygens (including phenoxy) is 1. The molecule has 5 nitrogen and oxygen atoms in total. The molecule has 0 aliphatic carbocycles. The Balaban J connectivity index is 2.19. The fraction of sp³-hybridized carbons (Fsp3) is 0.211. The molecule has 9 heteroatoms. The predicted octanol–water partition coefficient (Wildman–Crippen LogP) is 4.94. The van der Waals surface area contributed by atoms with Crippen LogP contribution in [-0.4, -0.2) is 28.7 Å². The van der Waals surface area contributed by atoms with Gasteiger partial charge in [-0.05, 0) is 36.8 Å². The van der Waals surface area contributed by atoms with Crippen molar-refractivity contribution in [2.24, 2.45) is 4.99 Å². The molecule has 0 saturated carbocycles. The molecule has 1 aromatic heterocycles. The van der Waals surface area contributed by atoms with Crippen LogP contribution >= 0.6 is 43.5 Å². The van der Waals surface area contributed by atoms with E-state index in [1.807, 2.05) is 0 Å². The van der Waals surface area contributed by atoms with E-state index in [2.05, 4.69) is 47.2 Å². The first kappa shape index (κ1) is 21.0. The van der Waals surface area contributed by atoms with Crippen molar-refractivity contribution in [3.8, 4) is 0 Å². The Morgan fingerprint density at radius 3 is 2.82 bits per heavy atom. The molecular formula is C19H15Br2ClFN3O2. The highest BCUT2D eigenvalue weighted by Gasteiger charge is 2.33. The number of esters is 1. The maximum atomic E-state index is 13.6. The molecule has 146 valence electrons. The number of rotatable bonds is 5. The van der Waals surface area contributed by atoms with Gasteiger partial charge >= 0.3 is 5.97 Å². The number of carbonyl (C=O) groups excluding carboxylic acids is 1. The Bertz CT molecular complexity index is 981. The van der Waals surface area contributed by atoms with Crippen LogP contribution < -0.4 is 5.32 Å². The number of pyridine rings is 1. The predicted molar refractivity (Wildman–Crippen MR) is 113 cm³/mol. The van der Waals surface area contributed by atoms with Crippen LogP contribution in [0.15, 0.2) is 57.3 Å². The second kappa shape index (κ2) is 9.15. The van der Waals surface area contributed by atoms with Crippen LogP contribution in [0.5, 0.6) is 0 Å². The highest BCUT2D eigenvalue weighted by Crippen LogP contribution is 2.37. The van der Waals surface area contributed by atoms with E-state index in [0.29, 0.717) is 43.2 Å². The molecule has 1 N–H and O–H groups in total. The van der Waals surface area contributed by atoms with Crippen LogP contribution in [0.3, 0.4) is 0 Å². The Morgan fingerprint density at radius 2 is 2.18 bits per heavy atom. The highest BCUT2D eigenvalue weighted by atomic mass is 79.9. The number of carbonyl (C=O) groups is 1. The topological polar surface area (TPSA) is 63.6 Å². The third-order valence-corrected chi connectivity index (χ3v) is 5.55. The van der Waals surface area contributed by atoms with Gasteiger partial charge in [0.25, 0.3) is 0 Å².